The van der Waals surface area contributed by atoms with Gasteiger partial charge in [-0.2, -0.15) is 0 Å². The molecule has 1 aliphatic rings. The van der Waals surface area contributed by atoms with Gasteiger partial charge in [0.25, 0.3) is 0 Å². The van der Waals surface area contributed by atoms with Crippen LogP contribution in [0.5, 0.6) is 0 Å². The monoisotopic (exact) mass is 374 g/mol. The van der Waals surface area contributed by atoms with E-state index in [0.717, 1.165) is 12.8 Å². The van der Waals surface area contributed by atoms with E-state index < -0.39 is 19.1 Å². The lowest BCUT2D eigenvalue weighted by Crippen LogP contribution is -2.39. The maximum absolute atomic E-state index is 11.7. The summed E-state index contributed by atoms with van der Waals surface area (Å²) in [5, 5.41) is 2.51. The van der Waals surface area contributed by atoms with Gasteiger partial charge in [0.05, 0.1) is 11.5 Å². The smallest absolute Gasteiger partial charge is 0.234 e. The second-order valence-electron chi connectivity index (χ2n) is 5.37. The lowest BCUT2D eigenvalue weighted by Gasteiger charge is -2.30. The van der Waals surface area contributed by atoms with Crippen molar-refractivity contribution < 1.29 is 21.6 Å². The van der Waals surface area contributed by atoms with Gasteiger partial charge < -0.3 is 5.32 Å². The third kappa shape index (κ3) is 7.26. The fourth-order valence-corrected chi connectivity index (χ4v) is 4.10. The Balaban J connectivity index is 2.23. The van der Waals surface area contributed by atoms with Gasteiger partial charge in [-0.25, -0.2) is 21.1 Å². The number of piperidine rings is 1. The number of carbonyl (C=O) groups excluding carboxylic acids is 1. The molecule has 22 heavy (non-hydrogen) atoms. The predicted molar refractivity (Wildman–Crippen MR) is 85.6 cm³/mol. The highest BCUT2D eigenvalue weighted by Gasteiger charge is 2.26. The van der Waals surface area contributed by atoms with E-state index in [1.807, 2.05) is 0 Å². The summed E-state index contributed by atoms with van der Waals surface area (Å²) < 4.78 is 46.4. The zero-order valence-electron chi connectivity index (χ0n) is 12.6. The summed E-state index contributed by atoms with van der Waals surface area (Å²) in [5.41, 5.74) is 0. The van der Waals surface area contributed by atoms with Gasteiger partial charge in [-0.3, -0.25) is 4.79 Å². The van der Waals surface area contributed by atoms with Crippen LogP contribution in [0.4, 0.5) is 0 Å². The number of carbonyl (C=O) groups is 1. The number of hydrogen-bond acceptors (Lipinski definition) is 5. The molecular weight excluding hydrogens is 352 g/mol. The van der Waals surface area contributed by atoms with Crippen LogP contribution in [0.15, 0.2) is 0 Å². The molecular formula is C12H23ClN2O5S2. The maximum Gasteiger partial charge on any atom is 0.234 e. The molecule has 0 radical (unpaired) electrons. The molecule has 0 unspecified atom stereocenters. The van der Waals surface area contributed by atoms with Crippen LogP contribution in [0.3, 0.4) is 0 Å². The first kappa shape index (κ1) is 19.7. The van der Waals surface area contributed by atoms with Crippen molar-refractivity contribution in [3.8, 4) is 0 Å². The van der Waals surface area contributed by atoms with Crippen LogP contribution in [0, 0.1) is 5.92 Å². The molecule has 1 rings (SSSR count). The Morgan fingerprint density at radius 1 is 1.23 bits per heavy atom. The Hall–Kier alpha value is -0.380. The quantitative estimate of drug-likeness (QED) is 0.624. The maximum atomic E-state index is 11.7. The highest BCUT2D eigenvalue weighted by molar-refractivity contribution is 8.13. The summed E-state index contributed by atoms with van der Waals surface area (Å²) in [6.07, 6.45) is 2.50. The third-order valence-corrected chi connectivity index (χ3v) is 6.82. The van der Waals surface area contributed by atoms with Crippen LogP contribution in [0.1, 0.15) is 32.6 Å². The molecule has 0 bridgehead atoms. The molecule has 1 amide bonds. The second-order valence-corrected chi connectivity index (χ2v) is 10.5. The van der Waals surface area contributed by atoms with Gasteiger partial charge in [-0.15, -0.1) is 0 Å². The Morgan fingerprint density at radius 2 is 1.82 bits per heavy atom. The van der Waals surface area contributed by atoms with Crippen LogP contribution in [-0.2, 0) is 23.9 Å². The highest BCUT2D eigenvalue weighted by atomic mass is 35.7. The molecule has 0 atom stereocenters. The van der Waals surface area contributed by atoms with E-state index in [1.54, 1.807) is 6.92 Å². The van der Waals surface area contributed by atoms with E-state index >= 15 is 0 Å². The van der Waals surface area contributed by atoms with Crippen molar-refractivity contribution in [2.24, 2.45) is 5.92 Å². The fraction of sp³-hybridized carbons (Fsp3) is 0.917. The number of sulfonamides is 1. The molecule has 0 aromatic rings. The molecule has 1 N–H and O–H groups in total. The van der Waals surface area contributed by atoms with E-state index in [9.17, 15) is 21.6 Å². The van der Waals surface area contributed by atoms with E-state index in [1.165, 1.54) is 4.31 Å². The first-order chi connectivity index (χ1) is 10.1. The van der Waals surface area contributed by atoms with E-state index in [-0.39, 0.29) is 24.0 Å². The second kappa shape index (κ2) is 8.47. The van der Waals surface area contributed by atoms with Crippen molar-refractivity contribution in [3.05, 3.63) is 0 Å². The van der Waals surface area contributed by atoms with Gasteiger partial charge in [0.15, 0.2) is 0 Å². The third-order valence-electron chi connectivity index (χ3n) is 3.78. The van der Waals surface area contributed by atoms with Gasteiger partial charge in [0, 0.05) is 36.7 Å². The number of nitrogens with one attached hydrogen (secondary N) is 1. The highest BCUT2D eigenvalue weighted by Crippen LogP contribution is 2.23. The molecule has 1 heterocycles. The number of halogens is 1. The van der Waals surface area contributed by atoms with Gasteiger partial charge in [0.1, 0.15) is 0 Å². The molecule has 0 aromatic heterocycles. The van der Waals surface area contributed by atoms with Crippen LogP contribution >= 0.6 is 10.7 Å². The normalized spacial score (nSPS) is 18.3. The summed E-state index contributed by atoms with van der Waals surface area (Å²) in [7, 11) is -1.66. The number of rotatable bonds is 8. The van der Waals surface area contributed by atoms with Crippen molar-refractivity contribution in [2.75, 3.05) is 31.1 Å². The number of nitrogens with zero attached hydrogens (tertiary/aromatic N) is 1. The molecule has 0 aromatic carbocycles. The van der Waals surface area contributed by atoms with E-state index in [2.05, 4.69) is 5.32 Å². The zero-order valence-corrected chi connectivity index (χ0v) is 15.0. The SMILES string of the molecule is CCS(=O)(=O)N1CCC(CCC(=O)NCCS(=O)(=O)Cl)CC1. The Kier molecular flexibility index (Phi) is 7.57. The van der Waals surface area contributed by atoms with E-state index in [0.29, 0.717) is 31.8 Å². The summed E-state index contributed by atoms with van der Waals surface area (Å²) >= 11 is 0. The van der Waals surface area contributed by atoms with Crippen LogP contribution in [0.2, 0.25) is 0 Å². The van der Waals surface area contributed by atoms with Crippen molar-refractivity contribution in [1.29, 1.82) is 0 Å². The molecule has 130 valence electrons. The largest absolute Gasteiger partial charge is 0.355 e. The molecule has 0 spiro atoms. The average Bonchev–Trinajstić information content (AvgIpc) is 2.44. The molecule has 0 saturated carbocycles. The minimum Gasteiger partial charge on any atom is -0.355 e. The lowest BCUT2D eigenvalue weighted by molar-refractivity contribution is -0.121. The van der Waals surface area contributed by atoms with Crippen LogP contribution < -0.4 is 5.32 Å². The van der Waals surface area contributed by atoms with Crippen molar-refractivity contribution in [3.63, 3.8) is 0 Å². The van der Waals surface area contributed by atoms with Crippen molar-refractivity contribution in [2.45, 2.75) is 32.6 Å². The lowest BCUT2D eigenvalue weighted by atomic mass is 9.93. The standard InChI is InChI=1S/C12H23ClN2O5S2/c1-2-22(19,20)15-8-5-11(6-9-15)3-4-12(16)14-7-10-21(13,17)18/h11H,2-10H2,1H3,(H,14,16). The molecule has 0 aliphatic carbocycles. The number of hydrogen-bond donors (Lipinski definition) is 1. The molecule has 10 heteroatoms. The summed E-state index contributed by atoms with van der Waals surface area (Å²) in [4.78, 5) is 11.6. The first-order valence-corrected chi connectivity index (χ1v) is 11.4. The molecule has 1 saturated heterocycles. The van der Waals surface area contributed by atoms with Gasteiger partial charge in [-0.05, 0) is 32.1 Å². The Labute approximate surface area is 136 Å². The van der Waals surface area contributed by atoms with Crippen molar-refractivity contribution >= 4 is 35.7 Å². The number of amides is 1. The van der Waals surface area contributed by atoms with Gasteiger partial charge in [0.2, 0.25) is 25.0 Å². The zero-order chi connectivity index (χ0) is 16.8. The van der Waals surface area contributed by atoms with E-state index in [4.69, 9.17) is 10.7 Å². The Morgan fingerprint density at radius 3 is 2.32 bits per heavy atom. The van der Waals surface area contributed by atoms with Crippen LogP contribution in [-0.4, -0.2) is 58.2 Å². The molecule has 1 aliphatic heterocycles. The molecule has 1 fully saturated rings. The fourth-order valence-electron chi connectivity index (χ4n) is 2.39. The minimum atomic E-state index is -3.58. The average molecular weight is 375 g/mol. The predicted octanol–water partition coefficient (Wildman–Crippen LogP) is 0.513. The summed E-state index contributed by atoms with van der Waals surface area (Å²) in [6, 6.07) is 0. The summed E-state index contributed by atoms with van der Waals surface area (Å²) in [6.45, 7) is 2.66. The summed E-state index contributed by atoms with van der Waals surface area (Å²) in [5.74, 6) is -0.0494. The topological polar surface area (TPSA) is 101 Å². The van der Waals surface area contributed by atoms with Crippen molar-refractivity contribution in [1.82, 2.24) is 9.62 Å². The molecule has 7 nitrogen and oxygen atoms in total. The minimum absolute atomic E-state index is 0.0118. The Bertz CT molecular complexity index is 568. The first-order valence-electron chi connectivity index (χ1n) is 7.31. The van der Waals surface area contributed by atoms with Gasteiger partial charge in [-0.1, -0.05) is 0 Å². The van der Waals surface area contributed by atoms with Gasteiger partial charge >= 0.3 is 0 Å². The van der Waals surface area contributed by atoms with Crippen LogP contribution in [0.25, 0.3) is 0 Å².